The van der Waals surface area contributed by atoms with Crippen LogP contribution in [0.15, 0.2) is 0 Å². The average Bonchev–Trinajstić information content (AvgIpc) is 2.29. The molecule has 1 fully saturated rings. The van der Waals surface area contributed by atoms with E-state index in [1.807, 2.05) is 6.92 Å². The van der Waals surface area contributed by atoms with Crippen LogP contribution >= 0.6 is 0 Å². The fraction of sp³-hybridized carbons (Fsp3) is 1.00. The van der Waals surface area contributed by atoms with E-state index in [0.29, 0.717) is 6.61 Å². The van der Waals surface area contributed by atoms with Crippen LogP contribution in [-0.4, -0.2) is 66.3 Å². The van der Waals surface area contributed by atoms with Gasteiger partial charge in [-0.3, -0.25) is 0 Å². The van der Waals surface area contributed by atoms with Crippen molar-refractivity contribution >= 4 is 0 Å². The number of aliphatic hydroxyl groups excluding tert-OH is 3. The Morgan fingerprint density at radius 2 is 1.81 bits per heavy atom. The van der Waals surface area contributed by atoms with Crippen LogP contribution in [0.1, 0.15) is 13.3 Å². The van der Waals surface area contributed by atoms with Gasteiger partial charge in [0.25, 0.3) is 0 Å². The average molecular weight is 236 g/mol. The Balaban J connectivity index is 2.50. The summed E-state index contributed by atoms with van der Waals surface area (Å²) in [5.41, 5.74) is 0. The fourth-order valence-electron chi connectivity index (χ4n) is 1.59. The molecule has 0 aromatic rings. The van der Waals surface area contributed by atoms with Gasteiger partial charge in [-0.15, -0.1) is 0 Å². The molecule has 16 heavy (non-hydrogen) atoms. The van der Waals surface area contributed by atoms with E-state index in [9.17, 15) is 15.3 Å². The summed E-state index contributed by atoms with van der Waals surface area (Å²) in [6, 6.07) is 0. The minimum Gasteiger partial charge on any atom is -0.387 e. The Morgan fingerprint density at radius 1 is 1.12 bits per heavy atom. The molecule has 1 saturated heterocycles. The maximum atomic E-state index is 9.65. The molecule has 6 nitrogen and oxygen atoms in total. The summed E-state index contributed by atoms with van der Waals surface area (Å²) in [5, 5.41) is 28.7. The molecule has 1 rings (SSSR count). The number of methoxy groups -OCH3 is 1. The second-order valence-corrected chi connectivity index (χ2v) is 3.83. The largest absolute Gasteiger partial charge is 0.387 e. The summed E-state index contributed by atoms with van der Waals surface area (Å²) in [6.45, 7) is 2.69. The summed E-state index contributed by atoms with van der Waals surface area (Å²) in [5.74, 6) is 0. The topological polar surface area (TPSA) is 88.4 Å². The molecule has 0 radical (unpaired) electrons. The number of hydrogen-bond acceptors (Lipinski definition) is 6. The van der Waals surface area contributed by atoms with Gasteiger partial charge in [0, 0.05) is 13.7 Å². The molecular formula is C10H20O6. The third-order valence-electron chi connectivity index (χ3n) is 2.53. The summed E-state index contributed by atoms with van der Waals surface area (Å²) in [4.78, 5) is 0. The zero-order chi connectivity index (χ0) is 12.1. The Bertz CT molecular complexity index is 198. The number of rotatable bonds is 5. The Labute approximate surface area is 94.7 Å². The molecule has 6 heteroatoms. The molecule has 0 bridgehead atoms. The van der Waals surface area contributed by atoms with Crippen molar-refractivity contribution in [2.45, 2.75) is 44.1 Å². The Morgan fingerprint density at radius 3 is 2.38 bits per heavy atom. The van der Waals surface area contributed by atoms with E-state index in [2.05, 4.69) is 0 Å². The van der Waals surface area contributed by atoms with Gasteiger partial charge in [0.15, 0.2) is 6.29 Å². The van der Waals surface area contributed by atoms with Gasteiger partial charge < -0.3 is 29.5 Å². The van der Waals surface area contributed by atoms with Gasteiger partial charge in [0.05, 0.1) is 6.61 Å². The molecule has 3 N–H and O–H groups in total. The SMILES string of the molecule is CCCOCC1O[C@H](OC)C(O)[C@@H](O)[C@@H]1O. The van der Waals surface area contributed by atoms with Crippen molar-refractivity contribution in [1.82, 2.24) is 0 Å². The van der Waals surface area contributed by atoms with Crippen molar-refractivity contribution in [3.63, 3.8) is 0 Å². The van der Waals surface area contributed by atoms with Crippen molar-refractivity contribution in [1.29, 1.82) is 0 Å². The lowest BCUT2D eigenvalue weighted by molar-refractivity contribution is -0.296. The molecule has 0 spiro atoms. The maximum Gasteiger partial charge on any atom is 0.186 e. The summed E-state index contributed by atoms with van der Waals surface area (Å²) in [6.07, 6.45) is -4.46. The van der Waals surface area contributed by atoms with Gasteiger partial charge in [-0.05, 0) is 6.42 Å². The highest BCUT2D eigenvalue weighted by Crippen LogP contribution is 2.21. The van der Waals surface area contributed by atoms with Crippen LogP contribution in [0.4, 0.5) is 0 Å². The lowest BCUT2D eigenvalue weighted by atomic mass is 9.99. The highest BCUT2D eigenvalue weighted by atomic mass is 16.7. The van der Waals surface area contributed by atoms with E-state index in [4.69, 9.17) is 14.2 Å². The smallest absolute Gasteiger partial charge is 0.186 e. The quantitative estimate of drug-likeness (QED) is 0.523. The molecule has 1 heterocycles. The van der Waals surface area contributed by atoms with Crippen LogP contribution in [0.5, 0.6) is 0 Å². The molecule has 1 aliphatic heterocycles. The lowest BCUT2D eigenvalue weighted by Crippen LogP contribution is -2.59. The van der Waals surface area contributed by atoms with Crippen LogP contribution < -0.4 is 0 Å². The molecule has 1 aliphatic rings. The molecule has 96 valence electrons. The van der Waals surface area contributed by atoms with E-state index in [1.54, 1.807) is 0 Å². The number of ether oxygens (including phenoxy) is 3. The van der Waals surface area contributed by atoms with Crippen molar-refractivity contribution in [2.75, 3.05) is 20.3 Å². The van der Waals surface area contributed by atoms with E-state index < -0.39 is 30.7 Å². The summed E-state index contributed by atoms with van der Waals surface area (Å²) < 4.78 is 15.4. The standard InChI is InChI=1S/C10H20O6/c1-3-4-15-5-6-7(11)8(12)9(13)10(14-2)16-6/h6-13H,3-5H2,1-2H3/t6?,7-,8+,9?,10+/m1/s1. The van der Waals surface area contributed by atoms with Crippen LogP contribution in [0, 0.1) is 0 Å². The van der Waals surface area contributed by atoms with E-state index in [-0.39, 0.29) is 6.61 Å². The van der Waals surface area contributed by atoms with Crippen molar-refractivity contribution in [2.24, 2.45) is 0 Å². The molecule has 0 aromatic carbocycles. The molecule has 2 unspecified atom stereocenters. The summed E-state index contributed by atoms with van der Waals surface area (Å²) >= 11 is 0. The number of hydrogen-bond donors (Lipinski definition) is 3. The molecule has 0 aliphatic carbocycles. The van der Waals surface area contributed by atoms with Crippen molar-refractivity contribution in [3.05, 3.63) is 0 Å². The summed E-state index contributed by atoms with van der Waals surface area (Å²) in [7, 11) is 1.36. The molecule has 0 aromatic heterocycles. The van der Waals surface area contributed by atoms with Gasteiger partial charge >= 0.3 is 0 Å². The highest BCUT2D eigenvalue weighted by molar-refractivity contribution is 4.88. The predicted molar refractivity (Wildman–Crippen MR) is 54.8 cm³/mol. The molecule has 5 atom stereocenters. The predicted octanol–water partition coefficient (Wildman–Crippen LogP) is -1.13. The van der Waals surface area contributed by atoms with Crippen molar-refractivity contribution in [3.8, 4) is 0 Å². The van der Waals surface area contributed by atoms with Crippen LogP contribution in [-0.2, 0) is 14.2 Å². The first-order valence-corrected chi connectivity index (χ1v) is 5.42. The first-order chi connectivity index (χ1) is 7.61. The lowest BCUT2D eigenvalue weighted by Gasteiger charge is -2.39. The first-order valence-electron chi connectivity index (χ1n) is 5.42. The maximum absolute atomic E-state index is 9.65. The monoisotopic (exact) mass is 236 g/mol. The highest BCUT2D eigenvalue weighted by Gasteiger charge is 2.43. The van der Waals surface area contributed by atoms with Crippen LogP contribution in [0.25, 0.3) is 0 Å². The van der Waals surface area contributed by atoms with Gasteiger partial charge in [-0.25, -0.2) is 0 Å². The first kappa shape index (κ1) is 13.8. The van der Waals surface area contributed by atoms with Gasteiger partial charge in [-0.2, -0.15) is 0 Å². The zero-order valence-corrected chi connectivity index (χ0v) is 9.57. The second-order valence-electron chi connectivity index (χ2n) is 3.83. The van der Waals surface area contributed by atoms with E-state index >= 15 is 0 Å². The minimum atomic E-state index is -1.28. The zero-order valence-electron chi connectivity index (χ0n) is 9.57. The Kier molecular flexibility index (Phi) is 5.60. The third kappa shape index (κ3) is 3.13. The van der Waals surface area contributed by atoms with Crippen LogP contribution in [0.3, 0.4) is 0 Å². The van der Waals surface area contributed by atoms with Crippen molar-refractivity contribution < 1.29 is 29.5 Å². The Hall–Kier alpha value is -0.240. The third-order valence-corrected chi connectivity index (χ3v) is 2.53. The fourth-order valence-corrected chi connectivity index (χ4v) is 1.59. The minimum absolute atomic E-state index is 0.165. The van der Waals surface area contributed by atoms with E-state index in [1.165, 1.54) is 7.11 Å². The van der Waals surface area contributed by atoms with E-state index in [0.717, 1.165) is 6.42 Å². The van der Waals surface area contributed by atoms with Gasteiger partial charge in [-0.1, -0.05) is 6.92 Å². The van der Waals surface area contributed by atoms with Crippen LogP contribution in [0.2, 0.25) is 0 Å². The normalized spacial score (nSPS) is 39.9. The van der Waals surface area contributed by atoms with Gasteiger partial charge in [0.1, 0.15) is 24.4 Å². The molecule has 0 saturated carbocycles. The number of aliphatic hydroxyl groups is 3. The molecule has 0 amide bonds. The molecular weight excluding hydrogens is 216 g/mol. The van der Waals surface area contributed by atoms with Gasteiger partial charge in [0.2, 0.25) is 0 Å². The second kappa shape index (κ2) is 6.48.